The minimum Gasteiger partial charge on any atom is -0.360 e. The van der Waals surface area contributed by atoms with E-state index in [1.807, 2.05) is 54.7 Å². The molecule has 0 amide bonds. The molecule has 0 radical (unpaired) electrons. The van der Waals surface area contributed by atoms with Gasteiger partial charge in [-0.3, -0.25) is 4.79 Å². The summed E-state index contributed by atoms with van der Waals surface area (Å²) in [7, 11) is 0. The second kappa shape index (κ2) is 5.25. The number of aromatic amines is 1. The first-order valence-corrected chi connectivity index (χ1v) is 7.46. The predicted molar refractivity (Wildman–Crippen MR) is 93.5 cm³/mol. The molecule has 0 spiro atoms. The summed E-state index contributed by atoms with van der Waals surface area (Å²) in [6.07, 6.45) is 3.58. The quantitative estimate of drug-likeness (QED) is 0.586. The van der Waals surface area contributed by atoms with E-state index in [9.17, 15) is 4.79 Å². The summed E-state index contributed by atoms with van der Waals surface area (Å²) in [6.45, 7) is 4.22. The van der Waals surface area contributed by atoms with Gasteiger partial charge in [-0.05, 0) is 18.2 Å². The Kier molecular flexibility index (Phi) is 3.08. The standard InChI is InChI=1S/C19H15N3O/c1-2-11-22-17-10-6-5-9-16(17)21-18(19(22)23)14-12-20-15-8-4-3-7-13(14)15/h2-10,12,20H,1,11H2. The van der Waals surface area contributed by atoms with Crippen molar-refractivity contribution in [2.24, 2.45) is 0 Å². The first-order valence-electron chi connectivity index (χ1n) is 7.46. The average Bonchev–Trinajstić information content (AvgIpc) is 3.01. The second-order valence-corrected chi connectivity index (χ2v) is 5.40. The SMILES string of the molecule is C=CCn1c(=O)c(-c2c[nH]c3ccccc23)nc2ccccc21. The molecular formula is C19H15N3O. The van der Waals surface area contributed by atoms with Gasteiger partial charge < -0.3 is 9.55 Å². The van der Waals surface area contributed by atoms with Crippen molar-refractivity contribution < 1.29 is 0 Å². The van der Waals surface area contributed by atoms with Crippen molar-refractivity contribution in [2.75, 3.05) is 0 Å². The summed E-state index contributed by atoms with van der Waals surface area (Å²) in [5, 5.41) is 0.998. The Balaban J connectivity index is 2.09. The number of aromatic nitrogens is 3. The van der Waals surface area contributed by atoms with Crippen LogP contribution in [0.25, 0.3) is 33.2 Å². The third-order valence-corrected chi connectivity index (χ3v) is 4.01. The number of fused-ring (bicyclic) bond motifs is 2. The molecule has 4 nitrogen and oxygen atoms in total. The van der Waals surface area contributed by atoms with E-state index in [0.717, 1.165) is 27.5 Å². The largest absolute Gasteiger partial charge is 0.360 e. The van der Waals surface area contributed by atoms with E-state index in [2.05, 4.69) is 16.5 Å². The minimum atomic E-state index is -0.103. The van der Waals surface area contributed by atoms with Crippen molar-refractivity contribution in [3.63, 3.8) is 0 Å². The van der Waals surface area contributed by atoms with E-state index < -0.39 is 0 Å². The van der Waals surface area contributed by atoms with Gasteiger partial charge in [-0.25, -0.2) is 4.98 Å². The van der Waals surface area contributed by atoms with Crippen molar-refractivity contribution in [3.05, 3.63) is 77.7 Å². The normalized spacial score (nSPS) is 11.1. The van der Waals surface area contributed by atoms with E-state index in [0.29, 0.717) is 12.2 Å². The lowest BCUT2D eigenvalue weighted by molar-refractivity contribution is 0.812. The molecule has 1 N–H and O–H groups in total. The van der Waals surface area contributed by atoms with Crippen LogP contribution in [0, 0.1) is 0 Å². The van der Waals surface area contributed by atoms with E-state index in [1.165, 1.54) is 0 Å². The molecule has 0 saturated carbocycles. The van der Waals surface area contributed by atoms with Crippen molar-refractivity contribution in [1.82, 2.24) is 14.5 Å². The van der Waals surface area contributed by atoms with E-state index in [1.54, 1.807) is 10.6 Å². The van der Waals surface area contributed by atoms with Crippen LogP contribution in [0.15, 0.2) is 72.2 Å². The van der Waals surface area contributed by atoms with Crippen molar-refractivity contribution in [3.8, 4) is 11.3 Å². The lowest BCUT2D eigenvalue weighted by Crippen LogP contribution is -2.23. The maximum atomic E-state index is 13.0. The van der Waals surface area contributed by atoms with Crippen LogP contribution in [0.2, 0.25) is 0 Å². The van der Waals surface area contributed by atoms with E-state index in [-0.39, 0.29) is 5.56 Å². The van der Waals surface area contributed by atoms with Crippen LogP contribution in [0.4, 0.5) is 0 Å². The number of rotatable bonds is 3. The molecule has 0 unspecified atom stereocenters. The zero-order valence-electron chi connectivity index (χ0n) is 12.5. The summed E-state index contributed by atoms with van der Waals surface area (Å²) in [5.41, 5.74) is 3.80. The maximum absolute atomic E-state index is 13.0. The monoisotopic (exact) mass is 301 g/mol. The number of allylic oxidation sites excluding steroid dienone is 1. The van der Waals surface area contributed by atoms with Gasteiger partial charge in [-0.1, -0.05) is 36.4 Å². The molecule has 0 fully saturated rings. The zero-order chi connectivity index (χ0) is 15.8. The smallest absolute Gasteiger partial charge is 0.277 e. The summed E-state index contributed by atoms with van der Waals surface area (Å²) < 4.78 is 1.71. The van der Waals surface area contributed by atoms with Gasteiger partial charge in [0.2, 0.25) is 0 Å². The fraction of sp³-hybridized carbons (Fsp3) is 0.0526. The highest BCUT2D eigenvalue weighted by molar-refractivity contribution is 5.95. The van der Waals surface area contributed by atoms with Gasteiger partial charge >= 0.3 is 0 Å². The molecule has 112 valence electrons. The Hall–Kier alpha value is -3.14. The Morgan fingerprint density at radius 2 is 1.91 bits per heavy atom. The average molecular weight is 301 g/mol. The second-order valence-electron chi connectivity index (χ2n) is 5.40. The number of hydrogen-bond acceptors (Lipinski definition) is 2. The summed E-state index contributed by atoms with van der Waals surface area (Å²) in [6, 6.07) is 15.6. The highest BCUT2D eigenvalue weighted by Crippen LogP contribution is 2.26. The lowest BCUT2D eigenvalue weighted by atomic mass is 10.1. The molecule has 4 aromatic rings. The molecule has 2 heterocycles. The molecular weight excluding hydrogens is 286 g/mol. The van der Waals surface area contributed by atoms with Crippen LogP contribution in [0.3, 0.4) is 0 Å². The highest BCUT2D eigenvalue weighted by Gasteiger charge is 2.15. The number of H-pyrrole nitrogens is 1. The number of hydrogen-bond donors (Lipinski definition) is 1. The molecule has 23 heavy (non-hydrogen) atoms. The maximum Gasteiger partial charge on any atom is 0.277 e. The van der Waals surface area contributed by atoms with Crippen LogP contribution >= 0.6 is 0 Å². The predicted octanol–water partition coefficient (Wildman–Crippen LogP) is 3.73. The molecule has 0 aliphatic rings. The lowest BCUT2D eigenvalue weighted by Gasteiger charge is -2.10. The topological polar surface area (TPSA) is 50.7 Å². The molecule has 0 bridgehead atoms. The van der Waals surface area contributed by atoms with Gasteiger partial charge in [0.25, 0.3) is 5.56 Å². The van der Waals surface area contributed by atoms with Gasteiger partial charge in [-0.15, -0.1) is 6.58 Å². The number of para-hydroxylation sites is 3. The zero-order valence-corrected chi connectivity index (χ0v) is 12.5. The van der Waals surface area contributed by atoms with E-state index >= 15 is 0 Å². The Morgan fingerprint density at radius 3 is 2.78 bits per heavy atom. The Bertz CT molecular complexity index is 1090. The Labute approximate surface area is 132 Å². The molecule has 0 aliphatic heterocycles. The molecule has 0 atom stereocenters. The van der Waals surface area contributed by atoms with Crippen molar-refractivity contribution in [1.29, 1.82) is 0 Å². The first-order chi connectivity index (χ1) is 11.3. The number of nitrogens with one attached hydrogen (secondary N) is 1. The Morgan fingerprint density at radius 1 is 1.13 bits per heavy atom. The summed E-state index contributed by atoms with van der Waals surface area (Å²) in [4.78, 5) is 20.8. The van der Waals surface area contributed by atoms with Gasteiger partial charge in [0.05, 0.1) is 11.0 Å². The van der Waals surface area contributed by atoms with Crippen molar-refractivity contribution >= 4 is 21.9 Å². The summed E-state index contributed by atoms with van der Waals surface area (Å²) >= 11 is 0. The third-order valence-electron chi connectivity index (χ3n) is 4.01. The van der Waals surface area contributed by atoms with Crippen LogP contribution in [0.5, 0.6) is 0 Å². The molecule has 2 aromatic carbocycles. The van der Waals surface area contributed by atoms with Crippen LogP contribution in [-0.2, 0) is 6.54 Å². The molecule has 0 aliphatic carbocycles. The van der Waals surface area contributed by atoms with Gasteiger partial charge in [0.15, 0.2) is 0 Å². The third kappa shape index (κ3) is 2.07. The highest BCUT2D eigenvalue weighted by atomic mass is 16.1. The fourth-order valence-electron chi connectivity index (χ4n) is 2.95. The number of benzene rings is 2. The molecule has 4 heteroatoms. The fourth-order valence-corrected chi connectivity index (χ4v) is 2.95. The van der Waals surface area contributed by atoms with Gasteiger partial charge in [-0.2, -0.15) is 0 Å². The van der Waals surface area contributed by atoms with E-state index in [4.69, 9.17) is 0 Å². The number of nitrogens with zero attached hydrogens (tertiary/aromatic N) is 2. The molecule has 0 saturated heterocycles. The van der Waals surface area contributed by atoms with Gasteiger partial charge in [0.1, 0.15) is 5.69 Å². The van der Waals surface area contributed by atoms with Crippen LogP contribution in [-0.4, -0.2) is 14.5 Å². The molecule has 4 rings (SSSR count). The van der Waals surface area contributed by atoms with Crippen molar-refractivity contribution in [2.45, 2.75) is 6.54 Å². The molecule has 2 aromatic heterocycles. The first kappa shape index (κ1) is 13.5. The minimum absolute atomic E-state index is 0.103. The van der Waals surface area contributed by atoms with Crippen LogP contribution in [0.1, 0.15) is 0 Å². The van der Waals surface area contributed by atoms with Crippen LogP contribution < -0.4 is 5.56 Å². The van der Waals surface area contributed by atoms with Gasteiger partial charge in [0, 0.05) is 29.2 Å². The summed E-state index contributed by atoms with van der Waals surface area (Å²) in [5.74, 6) is 0.